The van der Waals surface area contributed by atoms with Gasteiger partial charge >= 0.3 is 0 Å². The molecular weight excluding hydrogens is 517 g/mol. The van der Waals surface area contributed by atoms with E-state index in [2.05, 4.69) is 100 Å². The van der Waals surface area contributed by atoms with Gasteiger partial charge < -0.3 is 10.1 Å². The maximum atomic E-state index is 15.2. The van der Waals surface area contributed by atoms with E-state index in [4.69, 9.17) is 4.74 Å². The van der Waals surface area contributed by atoms with Gasteiger partial charge in [0.05, 0.1) is 6.10 Å². The van der Waals surface area contributed by atoms with E-state index in [0.29, 0.717) is 12.1 Å². The lowest BCUT2D eigenvalue weighted by Gasteiger charge is -2.17. The lowest BCUT2D eigenvalue weighted by Crippen LogP contribution is -2.14. The molecule has 0 aliphatic carbocycles. The lowest BCUT2D eigenvalue weighted by molar-refractivity contribution is 0.124. The zero-order valence-electron chi connectivity index (χ0n) is 26.6. The Balaban J connectivity index is 0.00000211. The summed E-state index contributed by atoms with van der Waals surface area (Å²) in [5, 5.41) is 3.56. The average molecular weight is 568 g/mol. The first-order valence-electron chi connectivity index (χ1n) is 14.9. The number of allylic oxidation sites excluding steroid dienone is 4. The maximum Gasteiger partial charge on any atom is 0.131 e. The van der Waals surface area contributed by atoms with Crippen LogP contribution in [0.1, 0.15) is 68.4 Å². The van der Waals surface area contributed by atoms with E-state index in [1.54, 1.807) is 19.3 Å². The lowest BCUT2D eigenvalue weighted by atomic mass is 9.94. The first kappa shape index (κ1) is 36.3. The molecule has 1 unspecified atom stereocenters. The highest BCUT2D eigenvalue weighted by atomic mass is 19.1. The molecule has 3 heteroatoms. The summed E-state index contributed by atoms with van der Waals surface area (Å²) < 4.78 is 21.0. The molecule has 3 aromatic rings. The van der Waals surface area contributed by atoms with Crippen molar-refractivity contribution in [3.05, 3.63) is 131 Å². The van der Waals surface area contributed by atoms with Gasteiger partial charge in [0.2, 0.25) is 0 Å². The standard InChI is InChI=1S/C35H42FNO.C2H6.C2H2/c1-6-8-9-11-27(4)35(38-5)19-17-30-20-31(25-37-24-29-14-12-26(3)13-15-29)22-32(21-30)33-18-16-28(10-7-2)23-34(33)36;2*1-2/h6,8-9,11-16,18,20-23,35,37H,1,7,10,17,19,24-25H2,2-5H3;1-2H3;1-2H/b9-8-,27-11+;;. The van der Waals surface area contributed by atoms with Crippen molar-refractivity contribution in [3.63, 3.8) is 0 Å². The molecular formula is C39H50FNO. The molecule has 0 saturated carbocycles. The number of ether oxygens (including phenoxy) is 1. The normalized spacial score (nSPS) is 11.7. The van der Waals surface area contributed by atoms with Gasteiger partial charge in [-0.1, -0.05) is 112 Å². The number of aryl methyl sites for hydroxylation is 3. The van der Waals surface area contributed by atoms with Crippen molar-refractivity contribution in [3.8, 4) is 24.0 Å². The monoisotopic (exact) mass is 567 g/mol. The van der Waals surface area contributed by atoms with Gasteiger partial charge in [0.25, 0.3) is 0 Å². The minimum absolute atomic E-state index is 0.0151. The smallest absolute Gasteiger partial charge is 0.131 e. The summed E-state index contributed by atoms with van der Waals surface area (Å²) in [6.07, 6.45) is 19.3. The second kappa shape index (κ2) is 21.1. The van der Waals surface area contributed by atoms with Crippen LogP contribution >= 0.6 is 0 Å². The average Bonchev–Trinajstić information content (AvgIpc) is 3.01. The van der Waals surface area contributed by atoms with Crippen LogP contribution in [0.2, 0.25) is 0 Å². The van der Waals surface area contributed by atoms with Gasteiger partial charge in [-0.25, -0.2) is 4.39 Å². The molecule has 0 amide bonds. The number of rotatable bonds is 14. The van der Waals surface area contributed by atoms with Crippen molar-refractivity contribution in [2.75, 3.05) is 7.11 Å². The summed E-state index contributed by atoms with van der Waals surface area (Å²) >= 11 is 0. The third-order valence-corrected chi connectivity index (χ3v) is 6.81. The molecule has 1 N–H and O–H groups in total. The first-order valence-corrected chi connectivity index (χ1v) is 14.9. The summed E-state index contributed by atoms with van der Waals surface area (Å²) in [6, 6.07) is 20.7. The summed E-state index contributed by atoms with van der Waals surface area (Å²) in [5.74, 6) is -0.158. The Bertz CT molecular complexity index is 1280. The predicted molar refractivity (Wildman–Crippen MR) is 181 cm³/mol. The van der Waals surface area contributed by atoms with Crippen LogP contribution in [0.15, 0.2) is 97.1 Å². The molecule has 0 fully saturated rings. The molecule has 1 atom stereocenters. The summed E-state index contributed by atoms with van der Waals surface area (Å²) in [7, 11) is 1.75. The highest BCUT2D eigenvalue weighted by Crippen LogP contribution is 2.28. The second-order valence-electron chi connectivity index (χ2n) is 9.99. The van der Waals surface area contributed by atoms with Gasteiger partial charge in [-0.05, 0) is 78.6 Å². The van der Waals surface area contributed by atoms with Gasteiger partial charge in [-0.3, -0.25) is 0 Å². The Morgan fingerprint density at radius 3 is 2.17 bits per heavy atom. The van der Waals surface area contributed by atoms with Crippen LogP contribution in [0, 0.1) is 25.6 Å². The van der Waals surface area contributed by atoms with Crippen molar-refractivity contribution in [1.82, 2.24) is 5.32 Å². The fraction of sp³-hybridized carbons (Fsp3) is 0.333. The quantitative estimate of drug-likeness (QED) is 0.155. The SMILES string of the molecule is C#C.C=C/C=C\C=C(/C)C(CCc1cc(CNCc2ccc(C)cc2)cc(-c2ccc(CCC)cc2F)c1)OC.CC. The summed E-state index contributed by atoms with van der Waals surface area (Å²) in [4.78, 5) is 0. The molecule has 3 aromatic carbocycles. The van der Waals surface area contributed by atoms with E-state index in [1.807, 2.05) is 32.1 Å². The maximum absolute atomic E-state index is 15.2. The van der Waals surface area contributed by atoms with E-state index in [1.165, 1.54) is 22.3 Å². The van der Waals surface area contributed by atoms with Crippen LogP contribution in [-0.2, 0) is 30.7 Å². The predicted octanol–water partition coefficient (Wildman–Crippen LogP) is 9.96. The van der Waals surface area contributed by atoms with Gasteiger partial charge in [-0.15, -0.1) is 12.8 Å². The van der Waals surface area contributed by atoms with Crippen LogP contribution in [0.5, 0.6) is 0 Å². The fourth-order valence-corrected chi connectivity index (χ4v) is 4.68. The third kappa shape index (κ3) is 12.4. The second-order valence-corrected chi connectivity index (χ2v) is 9.99. The van der Waals surface area contributed by atoms with Crippen LogP contribution < -0.4 is 5.32 Å². The van der Waals surface area contributed by atoms with Crippen LogP contribution in [0.25, 0.3) is 11.1 Å². The van der Waals surface area contributed by atoms with Gasteiger partial charge in [-0.2, -0.15) is 0 Å². The highest BCUT2D eigenvalue weighted by molar-refractivity contribution is 5.66. The van der Waals surface area contributed by atoms with Crippen molar-refractivity contribution in [1.29, 1.82) is 0 Å². The number of benzene rings is 3. The molecule has 3 rings (SSSR count). The van der Waals surface area contributed by atoms with E-state index in [9.17, 15) is 0 Å². The molecule has 0 spiro atoms. The summed E-state index contributed by atoms with van der Waals surface area (Å²) in [5.41, 5.74) is 8.63. The van der Waals surface area contributed by atoms with E-state index in [0.717, 1.165) is 48.9 Å². The molecule has 0 radical (unpaired) electrons. The number of methoxy groups -OCH3 is 1. The molecule has 0 aromatic heterocycles. The molecule has 0 bridgehead atoms. The van der Waals surface area contributed by atoms with E-state index < -0.39 is 0 Å². The van der Waals surface area contributed by atoms with Gasteiger partial charge in [0.1, 0.15) is 5.82 Å². The number of hydrogen-bond donors (Lipinski definition) is 1. The Morgan fingerprint density at radius 2 is 1.55 bits per heavy atom. The third-order valence-electron chi connectivity index (χ3n) is 6.81. The van der Waals surface area contributed by atoms with Crippen molar-refractivity contribution >= 4 is 0 Å². The molecule has 0 aliphatic heterocycles. The summed E-state index contributed by atoms with van der Waals surface area (Å²) in [6.45, 7) is 15.5. The minimum atomic E-state index is -0.158. The number of nitrogens with one attached hydrogen (secondary N) is 1. The Labute approximate surface area is 255 Å². The molecule has 2 nitrogen and oxygen atoms in total. The minimum Gasteiger partial charge on any atom is -0.377 e. The molecule has 224 valence electrons. The zero-order chi connectivity index (χ0) is 31.3. The number of halogens is 1. The molecule has 0 saturated heterocycles. The van der Waals surface area contributed by atoms with Crippen LogP contribution in [0.4, 0.5) is 4.39 Å². The Kier molecular flexibility index (Phi) is 18.2. The topological polar surface area (TPSA) is 21.3 Å². The van der Waals surface area contributed by atoms with Crippen LogP contribution in [0.3, 0.4) is 0 Å². The zero-order valence-corrected chi connectivity index (χ0v) is 26.6. The molecule has 42 heavy (non-hydrogen) atoms. The van der Waals surface area contributed by atoms with E-state index >= 15 is 4.39 Å². The van der Waals surface area contributed by atoms with E-state index in [-0.39, 0.29) is 11.9 Å². The Morgan fingerprint density at radius 1 is 0.905 bits per heavy atom. The van der Waals surface area contributed by atoms with Crippen molar-refractivity contribution in [2.24, 2.45) is 0 Å². The Hall–Kier alpha value is -3.71. The largest absolute Gasteiger partial charge is 0.377 e. The highest BCUT2D eigenvalue weighted by Gasteiger charge is 2.13. The number of hydrogen-bond acceptors (Lipinski definition) is 2. The van der Waals surface area contributed by atoms with Gasteiger partial charge in [0, 0.05) is 25.8 Å². The number of terminal acetylenes is 1. The molecule has 0 aliphatic rings. The molecule has 0 heterocycles. The van der Waals surface area contributed by atoms with Gasteiger partial charge in [0.15, 0.2) is 0 Å². The first-order chi connectivity index (χ1) is 20.4. The van der Waals surface area contributed by atoms with Crippen molar-refractivity contribution < 1.29 is 9.13 Å². The van der Waals surface area contributed by atoms with Crippen LogP contribution in [-0.4, -0.2) is 13.2 Å². The van der Waals surface area contributed by atoms with Crippen molar-refractivity contribution in [2.45, 2.75) is 79.5 Å². The fourth-order valence-electron chi connectivity index (χ4n) is 4.68.